The van der Waals surface area contributed by atoms with E-state index in [0.29, 0.717) is 18.8 Å². The van der Waals surface area contributed by atoms with Crippen molar-refractivity contribution in [3.05, 3.63) is 24.2 Å². The number of nitrogens with zero attached hydrogens (tertiary/aromatic N) is 1. The Bertz CT molecular complexity index is 500. The molecular weight excluding hydrogens is 284 g/mol. The summed E-state index contributed by atoms with van der Waals surface area (Å²) < 4.78 is 5.24. The fourth-order valence-corrected chi connectivity index (χ4v) is 2.64. The van der Waals surface area contributed by atoms with Gasteiger partial charge in [-0.2, -0.15) is 0 Å². The van der Waals surface area contributed by atoms with Gasteiger partial charge in [-0.3, -0.25) is 9.59 Å². The molecule has 1 unspecified atom stereocenters. The van der Waals surface area contributed by atoms with Crippen LogP contribution >= 0.6 is 0 Å². The molecule has 122 valence electrons. The van der Waals surface area contributed by atoms with Crippen LogP contribution in [0.1, 0.15) is 32.4 Å². The van der Waals surface area contributed by atoms with E-state index in [4.69, 9.17) is 4.42 Å². The number of hydrogen-bond donors (Lipinski definition) is 2. The Kier molecular flexibility index (Phi) is 5.60. The monoisotopic (exact) mass is 308 g/mol. The highest BCUT2D eigenvalue weighted by atomic mass is 16.3. The lowest BCUT2D eigenvalue weighted by atomic mass is 9.98. The molecule has 1 aromatic rings. The molecule has 1 saturated heterocycles. The summed E-state index contributed by atoms with van der Waals surface area (Å²) in [5.74, 6) is 0.350. The topological polar surface area (TPSA) is 82.8 Å². The van der Waals surface area contributed by atoms with Crippen molar-refractivity contribution in [2.24, 2.45) is 11.8 Å². The van der Waals surface area contributed by atoms with Gasteiger partial charge >= 0.3 is 0 Å². The van der Waals surface area contributed by atoms with Crippen molar-refractivity contribution < 1.29 is 19.1 Å². The van der Waals surface area contributed by atoms with Gasteiger partial charge in [0.15, 0.2) is 0 Å². The second kappa shape index (κ2) is 7.45. The molecule has 2 rings (SSSR count). The molecule has 0 bridgehead atoms. The molecule has 6 heteroatoms. The lowest BCUT2D eigenvalue weighted by molar-refractivity contribution is -0.129. The van der Waals surface area contributed by atoms with E-state index >= 15 is 0 Å². The molecule has 1 aliphatic rings. The third-order valence-corrected chi connectivity index (χ3v) is 4.37. The quantitative estimate of drug-likeness (QED) is 0.791. The number of hydrogen-bond acceptors (Lipinski definition) is 4. The van der Waals surface area contributed by atoms with Gasteiger partial charge in [-0.15, -0.1) is 0 Å². The maximum atomic E-state index is 12.3. The van der Waals surface area contributed by atoms with Crippen molar-refractivity contribution in [1.29, 1.82) is 0 Å². The summed E-state index contributed by atoms with van der Waals surface area (Å²) in [5, 5.41) is 12.3. The van der Waals surface area contributed by atoms with Crippen molar-refractivity contribution in [2.45, 2.75) is 39.3 Å². The zero-order chi connectivity index (χ0) is 16.1. The SMILES string of the molecule is CC[C@@H](C)[C@@H](CO)NC(=O)C1CC(=O)N(Cc2ccco2)C1. The number of rotatable bonds is 7. The van der Waals surface area contributed by atoms with Gasteiger partial charge in [0.25, 0.3) is 0 Å². The standard InChI is InChI=1S/C16H24N2O4/c1-3-11(2)14(10-19)17-16(21)12-7-15(20)18(8-12)9-13-5-4-6-22-13/h4-6,11-12,14,19H,3,7-10H2,1-2H3,(H,17,21)/t11-,12?,14-/m1/s1. The first kappa shape index (κ1) is 16.5. The Hall–Kier alpha value is -1.82. The fourth-order valence-electron chi connectivity index (χ4n) is 2.64. The number of nitrogens with one attached hydrogen (secondary N) is 1. The second-order valence-corrected chi connectivity index (χ2v) is 5.94. The minimum absolute atomic E-state index is 0.0411. The van der Waals surface area contributed by atoms with Gasteiger partial charge in [0.2, 0.25) is 11.8 Å². The molecule has 2 N–H and O–H groups in total. The summed E-state index contributed by atoms with van der Waals surface area (Å²) in [7, 11) is 0. The number of furan rings is 1. The molecule has 0 aliphatic carbocycles. The highest BCUT2D eigenvalue weighted by Gasteiger charge is 2.35. The molecule has 0 aromatic carbocycles. The predicted molar refractivity (Wildman–Crippen MR) is 80.7 cm³/mol. The Balaban J connectivity index is 1.90. The lowest BCUT2D eigenvalue weighted by Gasteiger charge is -2.23. The maximum Gasteiger partial charge on any atom is 0.225 e. The van der Waals surface area contributed by atoms with Gasteiger partial charge < -0.3 is 19.7 Å². The summed E-state index contributed by atoms with van der Waals surface area (Å²) in [4.78, 5) is 26.0. The van der Waals surface area contributed by atoms with Crippen LogP contribution in [0.3, 0.4) is 0 Å². The lowest BCUT2D eigenvalue weighted by Crippen LogP contribution is -2.45. The van der Waals surface area contributed by atoms with Crippen LogP contribution < -0.4 is 5.32 Å². The Morgan fingerprint density at radius 2 is 2.36 bits per heavy atom. The first-order valence-corrected chi connectivity index (χ1v) is 7.76. The van der Waals surface area contributed by atoms with Crippen molar-refractivity contribution >= 4 is 11.8 Å². The molecule has 1 fully saturated rings. The van der Waals surface area contributed by atoms with E-state index in [1.807, 2.05) is 19.9 Å². The molecule has 1 aliphatic heterocycles. The molecule has 6 nitrogen and oxygen atoms in total. The van der Waals surface area contributed by atoms with Crippen LogP contribution in [0.4, 0.5) is 0 Å². The predicted octanol–water partition coefficient (Wildman–Crippen LogP) is 1.15. The number of aliphatic hydroxyl groups excluding tert-OH is 1. The first-order chi connectivity index (χ1) is 10.5. The third kappa shape index (κ3) is 3.88. The Morgan fingerprint density at radius 1 is 1.59 bits per heavy atom. The van der Waals surface area contributed by atoms with Crippen LogP contribution in [0, 0.1) is 11.8 Å². The molecule has 0 radical (unpaired) electrons. The number of likely N-dealkylation sites (tertiary alicyclic amines) is 1. The zero-order valence-electron chi connectivity index (χ0n) is 13.1. The van der Waals surface area contributed by atoms with Gasteiger partial charge in [0, 0.05) is 13.0 Å². The van der Waals surface area contributed by atoms with Gasteiger partial charge in [-0.1, -0.05) is 20.3 Å². The molecule has 2 heterocycles. The average molecular weight is 308 g/mol. The van der Waals surface area contributed by atoms with Crippen LogP contribution in [0.25, 0.3) is 0 Å². The molecule has 0 spiro atoms. The van der Waals surface area contributed by atoms with Gasteiger partial charge in [-0.05, 0) is 18.1 Å². The third-order valence-electron chi connectivity index (χ3n) is 4.37. The van der Waals surface area contributed by atoms with Crippen molar-refractivity contribution in [3.63, 3.8) is 0 Å². The van der Waals surface area contributed by atoms with E-state index in [9.17, 15) is 14.7 Å². The molecular formula is C16H24N2O4. The normalized spacial score (nSPS) is 21.0. The summed E-state index contributed by atoms with van der Waals surface area (Å²) in [6, 6.07) is 3.33. The average Bonchev–Trinajstić information content (AvgIpc) is 3.14. The van der Waals surface area contributed by atoms with E-state index < -0.39 is 0 Å². The van der Waals surface area contributed by atoms with E-state index in [0.717, 1.165) is 6.42 Å². The van der Waals surface area contributed by atoms with Crippen molar-refractivity contribution in [1.82, 2.24) is 10.2 Å². The highest BCUT2D eigenvalue weighted by Crippen LogP contribution is 2.21. The first-order valence-electron chi connectivity index (χ1n) is 7.76. The fraction of sp³-hybridized carbons (Fsp3) is 0.625. The summed E-state index contributed by atoms with van der Waals surface area (Å²) in [5.41, 5.74) is 0. The molecule has 1 aromatic heterocycles. The van der Waals surface area contributed by atoms with E-state index in [-0.39, 0.29) is 42.7 Å². The van der Waals surface area contributed by atoms with Gasteiger partial charge in [0.05, 0.1) is 31.4 Å². The molecule has 2 amide bonds. The summed E-state index contributed by atoms with van der Waals surface area (Å²) >= 11 is 0. The Morgan fingerprint density at radius 3 is 2.95 bits per heavy atom. The minimum Gasteiger partial charge on any atom is -0.467 e. The number of carbonyl (C=O) groups is 2. The van der Waals surface area contributed by atoms with Crippen molar-refractivity contribution in [2.75, 3.05) is 13.2 Å². The number of carbonyl (C=O) groups excluding carboxylic acids is 2. The van der Waals surface area contributed by atoms with Crippen LogP contribution in [0.5, 0.6) is 0 Å². The maximum absolute atomic E-state index is 12.3. The van der Waals surface area contributed by atoms with Crippen LogP contribution in [-0.4, -0.2) is 41.0 Å². The molecule has 0 saturated carbocycles. The van der Waals surface area contributed by atoms with Crippen LogP contribution in [0.2, 0.25) is 0 Å². The van der Waals surface area contributed by atoms with E-state index in [2.05, 4.69) is 5.32 Å². The smallest absolute Gasteiger partial charge is 0.225 e. The number of amides is 2. The van der Waals surface area contributed by atoms with E-state index in [1.54, 1.807) is 17.2 Å². The number of aliphatic hydroxyl groups is 1. The largest absolute Gasteiger partial charge is 0.467 e. The highest BCUT2D eigenvalue weighted by molar-refractivity contribution is 5.89. The minimum atomic E-state index is -0.361. The van der Waals surface area contributed by atoms with E-state index in [1.165, 1.54) is 0 Å². The van der Waals surface area contributed by atoms with Gasteiger partial charge in [0.1, 0.15) is 5.76 Å². The van der Waals surface area contributed by atoms with Crippen molar-refractivity contribution in [3.8, 4) is 0 Å². The zero-order valence-corrected chi connectivity index (χ0v) is 13.1. The molecule has 3 atom stereocenters. The van der Waals surface area contributed by atoms with Crippen LogP contribution in [-0.2, 0) is 16.1 Å². The summed E-state index contributed by atoms with van der Waals surface area (Å²) in [6.45, 7) is 4.71. The molecule has 22 heavy (non-hydrogen) atoms. The van der Waals surface area contributed by atoms with Crippen LogP contribution in [0.15, 0.2) is 22.8 Å². The summed E-state index contributed by atoms with van der Waals surface area (Å²) in [6.07, 6.45) is 2.66. The Labute approximate surface area is 130 Å². The second-order valence-electron chi connectivity index (χ2n) is 5.94. The van der Waals surface area contributed by atoms with Gasteiger partial charge in [-0.25, -0.2) is 0 Å².